The van der Waals surface area contributed by atoms with Crippen LogP contribution in [-0.2, 0) is 13.0 Å². The number of carboxylic acid groups (broad SMARTS) is 1. The average Bonchev–Trinajstić information content (AvgIpc) is 2.75. The lowest BCUT2D eigenvalue weighted by Crippen LogP contribution is -2.41. The van der Waals surface area contributed by atoms with Crippen molar-refractivity contribution >= 4 is 17.5 Å². The van der Waals surface area contributed by atoms with Gasteiger partial charge < -0.3 is 5.11 Å². The highest BCUT2D eigenvalue weighted by atomic mass is 16.4. The van der Waals surface area contributed by atoms with Gasteiger partial charge in [-0.2, -0.15) is 0 Å². The van der Waals surface area contributed by atoms with Gasteiger partial charge in [-0.25, -0.2) is 4.79 Å². The minimum Gasteiger partial charge on any atom is -0.465 e. The third-order valence-corrected chi connectivity index (χ3v) is 5.47. The predicted octanol–water partition coefficient (Wildman–Crippen LogP) is 5.54. The molecule has 0 unspecified atom stereocenters. The second kappa shape index (κ2) is 8.31. The van der Waals surface area contributed by atoms with Crippen LogP contribution in [-0.4, -0.2) is 23.0 Å². The van der Waals surface area contributed by atoms with Crippen LogP contribution in [0.25, 0.3) is 0 Å². The normalized spacial score (nSPS) is 15.5. The molecule has 146 valence electrons. The summed E-state index contributed by atoms with van der Waals surface area (Å²) >= 11 is 0. The van der Waals surface area contributed by atoms with E-state index in [0.717, 1.165) is 46.5 Å². The number of hydrogen-bond acceptors (Lipinski definition) is 2. The fourth-order valence-electron chi connectivity index (χ4n) is 4.00. The summed E-state index contributed by atoms with van der Waals surface area (Å²) in [4.78, 5) is 18.2. The van der Waals surface area contributed by atoms with Gasteiger partial charge in [-0.1, -0.05) is 72.8 Å². The first-order valence-electron chi connectivity index (χ1n) is 9.93. The smallest absolute Gasteiger partial charge is 0.412 e. The van der Waals surface area contributed by atoms with E-state index in [-0.39, 0.29) is 6.04 Å². The third-order valence-electron chi connectivity index (χ3n) is 5.47. The Morgan fingerprint density at radius 1 is 0.966 bits per heavy atom. The van der Waals surface area contributed by atoms with Crippen molar-refractivity contribution < 1.29 is 9.90 Å². The van der Waals surface area contributed by atoms with Crippen molar-refractivity contribution in [3.8, 4) is 0 Å². The van der Waals surface area contributed by atoms with Crippen LogP contribution in [0, 0.1) is 0 Å². The zero-order valence-corrected chi connectivity index (χ0v) is 16.5. The molecule has 0 bridgehead atoms. The molecule has 0 aliphatic carbocycles. The maximum atomic E-state index is 11.8. The Hall–Kier alpha value is -3.40. The lowest BCUT2D eigenvalue weighted by atomic mass is 9.92. The molecule has 3 aromatic carbocycles. The Balaban J connectivity index is 1.73. The van der Waals surface area contributed by atoms with Crippen molar-refractivity contribution in [2.24, 2.45) is 4.99 Å². The molecule has 1 heterocycles. The summed E-state index contributed by atoms with van der Waals surface area (Å²) < 4.78 is 0. The Bertz CT molecular complexity index is 988. The predicted molar refractivity (Wildman–Crippen MR) is 117 cm³/mol. The molecule has 3 aromatic rings. The molecule has 0 spiro atoms. The number of carbonyl (C=O) groups is 1. The summed E-state index contributed by atoms with van der Waals surface area (Å²) in [5.41, 5.74) is 6.07. The second-order valence-electron chi connectivity index (χ2n) is 7.35. The van der Waals surface area contributed by atoms with E-state index in [1.807, 2.05) is 55.5 Å². The fraction of sp³-hybridized carbons (Fsp3) is 0.200. The van der Waals surface area contributed by atoms with E-state index in [1.165, 1.54) is 4.90 Å². The first-order valence-corrected chi connectivity index (χ1v) is 9.93. The number of nitrogens with zero attached hydrogens (tertiary/aromatic N) is 2. The van der Waals surface area contributed by atoms with Crippen molar-refractivity contribution in [1.82, 2.24) is 0 Å². The second-order valence-corrected chi connectivity index (χ2v) is 7.35. The van der Waals surface area contributed by atoms with Gasteiger partial charge in [0, 0.05) is 17.2 Å². The Labute approximate surface area is 171 Å². The van der Waals surface area contributed by atoms with Crippen LogP contribution in [0.4, 0.5) is 10.5 Å². The standard InChI is InChI=1S/C25H24N2O2/c1-18-15-16-22-21(13-8-14-23(22)27(18)25(28)29)17-26-24(19-9-4-2-5-10-19)20-11-6-3-7-12-20/h2-14,18H,15-17H2,1H3,(H,28,29)/t18-/m0/s1. The van der Waals surface area contributed by atoms with E-state index in [2.05, 4.69) is 30.3 Å². The highest BCUT2D eigenvalue weighted by Crippen LogP contribution is 2.33. The van der Waals surface area contributed by atoms with Crippen LogP contribution in [0.15, 0.2) is 83.9 Å². The fourth-order valence-corrected chi connectivity index (χ4v) is 4.00. The van der Waals surface area contributed by atoms with Crippen LogP contribution in [0.3, 0.4) is 0 Å². The molecule has 4 nitrogen and oxygen atoms in total. The third kappa shape index (κ3) is 3.92. The summed E-state index contributed by atoms with van der Waals surface area (Å²) in [6.07, 6.45) is 0.802. The minimum atomic E-state index is -0.895. The van der Waals surface area contributed by atoms with Crippen LogP contribution in [0.1, 0.15) is 35.6 Å². The molecule has 0 saturated carbocycles. The molecule has 1 aliphatic rings. The van der Waals surface area contributed by atoms with Crippen LogP contribution >= 0.6 is 0 Å². The highest BCUT2D eigenvalue weighted by molar-refractivity contribution is 6.12. The molecular formula is C25H24N2O2. The molecule has 1 atom stereocenters. The van der Waals surface area contributed by atoms with Crippen molar-refractivity contribution in [2.45, 2.75) is 32.4 Å². The molecule has 0 saturated heterocycles. The lowest BCUT2D eigenvalue weighted by Gasteiger charge is -2.34. The minimum absolute atomic E-state index is 0.0112. The number of rotatable bonds is 4. The molecule has 0 radical (unpaired) electrons. The molecular weight excluding hydrogens is 360 g/mol. The SMILES string of the molecule is C[C@H]1CCc2c(CN=C(c3ccccc3)c3ccccc3)cccc2N1C(=O)O. The van der Waals surface area contributed by atoms with Gasteiger partial charge in [0.25, 0.3) is 0 Å². The van der Waals surface area contributed by atoms with E-state index in [1.54, 1.807) is 0 Å². The molecule has 1 aliphatic heterocycles. The number of hydrogen-bond donors (Lipinski definition) is 1. The largest absolute Gasteiger partial charge is 0.465 e. The zero-order chi connectivity index (χ0) is 20.2. The maximum Gasteiger partial charge on any atom is 0.412 e. The number of aliphatic imine (C=N–C) groups is 1. The Kier molecular flexibility index (Phi) is 5.43. The average molecular weight is 384 g/mol. The van der Waals surface area contributed by atoms with Crippen molar-refractivity contribution in [3.63, 3.8) is 0 Å². The topological polar surface area (TPSA) is 52.9 Å². The van der Waals surface area contributed by atoms with Gasteiger partial charge in [0.2, 0.25) is 0 Å². The van der Waals surface area contributed by atoms with Gasteiger partial charge >= 0.3 is 6.09 Å². The maximum absolute atomic E-state index is 11.8. The van der Waals surface area contributed by atoms with E-state index >= 15 is 0 Å². The van der Waals surface area contributed by atoms with E-state index in [0.29, 0.717) is 6.54 Å². The summed E-state index contributed by atoms with van der Waals surface area (Å²) in [7, 11) is 0. The summed E-state index contributed by atoms with van der Waals surface area (Å²) in [5, 5.41) is 9.66. The lowest BCUT2D eigenvalue weighted by molar-refractivity contribution is 0.198. The number of benzene rings is 3. The van der Waals surface area contributed by atoms with Crippen molar-refractivity contribution in [1.29, 1.82) is 0 Å². The van der Waals surface area contributed by atoms with Gasteiger partial charge in [0.1, 0.15) is 0 Å². The quantitative estimate of drug-likeness (QED) is 0.600. The Morgan fingerprint density at radius 3 is 2.17 bits per heavy atom. The molecule has 0 fully saturated rings. The summed E-state index contributed by atoms with van der Waals surface area (Å²) in [6, 6.07) is 26.2. The van der Waals surface area contributed by atoms with Crippen LogP contribution in [0.2, 0.25) is 0 Å². The Morgan fingerprint density at radius 2 is 1.59 bits per heavy atom. The van der Waals surface area contributed by atoms with Gasteiger partial charge in [-0.05, 0) is 37.0 Å². The molecule has 1 N–H and O–H groups in total. The summed E-state index contributed by atoms with van der Waals surface area (Å²) in [5.74, 6) is 0. The van der Waals surface area contributed by atoms with Crippen molar-refractivity contribution in [3.05, 3.63) is 101 Å². The molecule has 4 heteroatoms. The number of fused-ring (bicyclic) bond motifs is 1. The number of amides is 1. The highest BCUT2D eigenvalue weighted by Gasteiger charge is 2.29. The van der Waals surface area contributed by atoms with Crippen LogP contribution in [0.5, 0.6) is 0 Å². The van der Waals surface area contributed by atoms with Gasteiger partial charge in [-0.15, -0.1) is 0 Å². The van der Waals surface area contributed by atoms with Crippen molar-refractivity contribution in [2.75, 3.05) is 4.90 Å². The van der Waals surface area contributed by atoms with Gasteiger partial charge in [0.05, 0.1) is 17.9 Å². The zero-order valence-electron chi connectivity index (χ0n) is 16.5. The molecule has 0 aromatic heterocycles. The van der Waals surface area contributed by atoms with Gasteiger partial charge in [-0.3, -0.25) is 9.89 Å². The monoisotopic (exact) mass is 384 g/mol. The van der Waals surface area contributed by atoms with E-state index in [9.17, 15) is 9.90 Å². The van der Waals surface area contributed by atoms with Gasteiger partial charge in [0.15, 0.2) is 0 Å². The number of anilines is 1. The summed E-state index contributed by atoms with van der Waals surface area (Å²) in [6.45, 7) is 2.48. The molecule has 29 heavy (non-hydrogen) atoms. The first-order chi connectivity index (χ1) is 14.1. The van der Waals surface area contributed by atoms with E-state index < -0.39 is 6.09 Å². The van der Waals surface area contributed by atoms with E-state index in [4.69, 9.17) is 4.99 Å². The molecule has 1 amide bonds. The van der Waals surface area contributed by atoms with Crippen LogP contribution < -0.4 is 4.90 Å². The first kappa shape index (κ1) is 18.9. The molecule has 4 rings (SSSR count).